The number of likely N-dealkylation sites (N-methyl/N-ethyl adjacent to an activating group) is 1. The molecule has 3 heterocycles. The van der Waals surface area contributed by atoms with Gasteiger partial charge in [-0.2, -0.15) is 13.7 Å². The van der Waals surface area contributed by atoms with Crippen molar-refractivity contribution in [3.8, 4) is 28.3 Å². The zero-order valence-electron chi connectivity index (χ0n) is 24.3. The smallest absolute Gasteiger partial charge is 0.297 e. The van der Waals surface area contributed by atoms with E-state index in [9.17, 15) is 22.6 Å². The maximum absolute atomic E-state index is 14.4. The summed E-state index contributed by atoms with van der Waals surface area (Å²) in [5.74, 6) is -0.401. The lowest BCUT2D eigenvalue weighted by Gasteiger charge is -2.44. The van der Waals surface area contributed by atoms with E-state index in [-0.39, 0.29) is 22.4 Å². The normalized spacial score (nSPS) is 17.8. The molecular formula is C34H30FN5O3S. The zero-order valence-corrected chi connectivity index (χ0v) is 25.1. The average Bonchev–Trinajstić information content (AvgIpc) is 3.65. The number of rotatable bonds is 5. The van der Waals surface area contributed by atoms with Gasteiger partial charge < -0.3 is 14.8 Å². The van der Waals surface area contributed by atoms with Crippen molar-refractivity contribution in [3.05, 3.63) is 95.6 Å². The highest BCUT2D eigenvalue weighted by atomic mass is 32.2. The van der Waals surface area contributed by atoms with Gasteiger partial charge in [0.1, 0.15) is 22.4 Å². The zero-order chi connectivity index (χ0) is 30.7. The Labute approximate surface area is 255 Å². The monoisotopic (exact) mass is 607 g/mol. The number of nitrogens with one attached hydrogen (secondary N) is 1. The van der Waals surface area contributed by atoms with Crippen LogP contribution in [0.15, 0.2) is 78.0 Å². The van der Waals surface area contributed by atoms with Gasteiger partial charge in [0.05, 0.1) is 11.3 Å². The second kappa shape index (κ2) is 10.5. The third kappa shape index (κ3) is 4.51. The maximum atomic E-state index is 14.4. The highest BCUT2D eigenvalue weighted by Gasteiger charge is 2.37. The van der Waals surface area contributed by atoms with Crippen molar-refractivity contribution in [2.24, 2.45) is 5.92 Å². The molecule has 10 heteroatoms. The highest BCUT2D eigenvalue weighted by Crippen LogP contribution is 2.49. The number of H-pyrrole nitrogens is 1. The number of pyridine rings is 1. The highest BCUT2D eigenvalue weighted by molar-refractivity contribution is 7.86. The largest absolute Gasteiger partial charge is 0.369 e. The van der Waals surface area contributed by atoms with Crippen molar-refractivity contribution >= 4 is 32.5 Å². The molecule has 222 valence electrons. The lowest BCUT2D eigenvalue weighted by molar-refractivity contribution is 0.367. The second-order valence-corrected chi connectivity index (χ2v) is 13.1. The summed E-state index contributed by atoms with van der Waals surface area (Å²) >= 11 is 0. The van der Waals surface area contributed by atoms with Crippen molar-refractivity contribution in [2.45, 2.75) is 30.7 Å². The summed E-state index contributed by atoms with van der Waals surface area (Å²) in [5, 5.41) is 10.6. The van der Waals surface area contributed by atoms with Gasteiger partial charge in [0, 0.05) is 55.2 Å². The molecule has 2 aliphatic rings. The SMILES string of the molecule is C[C@@H]1CCN(c2cc3c(c(-c4ccc(F)c(C#N)c4)c2S(=O)(=O)O)Cc2ccccc2-3)C[C@@H]1N(C)c1ccnc2[nH]ccc12. The Balaban J connectivity index is 1.42. The minimum Gasteiger partial charge on any atom is -0.369 e. The van der Waals surface area contributed by atoms with E-state index in [2.05, 4.69) is 21.8 Å². The van der Waals surface area contributed by atoms with Gasteiger partial charge in [0.25, 0.3) is 10.1 Å². The molecule has 0 bridgehead atoms. The first kappa shape index (κ1) is 28.1. The molecule has 7 rings (SSSR count). The molecule has 0 radical (unpaired) electrons. The van der Waals surface area contributed by atoms with Crippen LogP contribution in [-0.4, -0.2) is 49.1 Å². The third-order valence-electron chi connectivity index (χ3n) is 9.25. The summed E-state index contributed by atoms with van der Waals surface area (Å²) in [5.41, 5.74) is 6.30. The first-order chi connectivity index (χ1) is 21.2. The van der Waals surface area contributed by atoms with Crippen LogP contribution in [0.1, 0.15) is 30.0 Å². The number of halogens is 1. The van der Waals surface area contributed by atoms with Crippen LogP contribution in [0, 0.1) is 23.1 Å². The predicted molar refractivity (Wildman–Crippen MR) is 169 cm³/mol. The van der Waals surface area contributed by atoms with Gasteiger partial charge in [-0.15, -0.1) is 0 Å². The molecule has 2 aromatic heterocycles. The fraction of sp³-hybridized carbons (Fsp3) is 0.235. The van der Waals surface area contributed by atoms with E-state index in [1.54, 1.807) is 6.20 Å². The standard InChI is InChI=1S/C34H30FN5O3S/c1-20-11-14-40(19-31(20)39(2)29-10-13-38-34-25(29)9-12-37-34)30-17-26-24-6-4-3-5-21(24)16-27(26)32(33(30)44(41,42)43)22-7-8-28(35)23(15-22)18-36/h3-10,12-13,15,17,20,31H,11,14,16,19H2,1-2H3,(H,37,38)(H,41,42,43)/t20-,31+/m1/s1. The van der Waals surface area contributed by atoms with Crippen molar-refractivity contribution in [1.29, 1.82) is 5.26 Å². The Morgan fingerprint density at radius 3 is 2.75 bits per heavy atom. The van der Waals surface area contributed by atoms with E-state index in [4.69, 9.17) is 0 Å². The summed E-state index contributed by atoms with van der Waals surface area (Å²) in [7, 11) is -2.73. The summed E-state index contributed by atoms with van der Waals surface area (Å²) in [6, 6.07) is 19.7. The van der Waals surface area contributed by atoms with Crippen LogP contribution in [0.3, 0.4) is 0 Å². The Kier molecular flexibility index (Phi) is 6.68. The molecule has 8 nitrogen and oxygen atoms in total. The number of aromatic amines is 1. The number of fused-ring (bicyclic) bond motifs is 4. The number of nitrogens with zero attached hydrogens (tertiary/aromatic N) is 4. The van der Waals surface area contributed by atoms with Crippen LogP contribution in [0.5, 0.6) is 0 Å². The Morgan fingerprint density at radius 2 is 1.95 bits per heavy atom. The van der Waals surface area contributed by atoms with Crippen LogP contribution < -0.4 is 9.80 Å². The van der Waals surface area contributed by atoms with Gasteiger partial charge in [-0.05, 0) is 76.9 Å². The van der Waals surface area contributed by atoms with Gasteiger partial charge in [-0.3, -0.25) is 4.55 Å². The first-order valence-corrected chi connectivity index (χ1v) is 15.9. The number of hydrogen-bond acceptors (Lipinski definition) is 6. The molecule has 44 heavy (non-hydrogen) atoms. The third-order valence-corrected chi connectivity index (χ3v) is 10.2. The van der Waals surface area contributed by atoms with E-state index >= 15 is 0 Å². The van der Waals surface area contributed by atoms with Gasteiger partial charge >= 0.3 is 0 Å². The Bertz CT molecular complexity index is 2100. The van der Waals surface area contributed by atoms with E-state index in [1.807, 2.05) is 66.7 Å². The summed E-state index contributed by atoms with van der Waals surface area (Å²) in [6.45, 7) is 3.28. The summed E-state index contributed by atoms with van der Waals surface area (Å²) in [6.07, 6.45) is 4.87. The molecule has 1 aliphatic heterocycles. The fourth-order valence-electron chi connectivity index (χ4n) is 7.01. The topological polar surface area (TPSA) is 113 Å². The van der Waals surface area contributed by atoms with Crippen LogP contribution in [0.25, 0.3) is 33.3 Å². The maximum Gasteiger partial charge on any atom is 0.297 e. The Hall–Kier alpha value is -4.72. The van der Waals surface area contributed by atoms with Crippen molar-refractivity contribution in [3.63, 3.8) is 0 Å². The number of hydrogen-bond donors (Lipinski definition) is 2. The number of benzene rings is 3. The molecule has 0 unspecified atom stereocenters. The van der Waals surface area contributed by atoms with Gasteiger partial charge in [-0.1, -0.05) is 37.3 Å². The molecule has 1 fully saturated rings. The van der Waals surface area contributed by atoms with Crippen LogP contribution >= 0.6 is 0 Å². The molecule has 2 N–H and O–H groups in total. The quantitative estimate of drug-likeness (QED) is 0.218. The Morgan fingerprint density at radius 1 is 1.14 bits per heavy atom. The van der Waals surface area contributed by atoms with Gasteiger partial charge in [0.2, 0.25) is 0 Å². The molecule has 0 spiro atoms. The fourth-order valence-corrected chi connectivity index (χ4v) is 7.96. The van der Waals surface area contributed by atoms with Gasteiger partial charge in [-0.25, -0.2) is 9.37 Å². The molecular weight excluding hydrogens is 577 g/mol. The van der Waals surface area contributed by atoms with Crippen LogP contribution in [-0.2, 0) is 16.5 Å². The van der Waals surface area contributed by atoms with Crippen molar-refractivity contribution in [1.82, 2.24) is 9.97 Å². The van der Waals surface area contributed by atoms with Crippen molar-refractivity contribution in [2.75, 3.05) is 29.9 Å². The lowest BCUT2D eigenvalue weighted by Crippen LogP contribution is -2.51. The molecule has 2 atom stereocenters. The summed E-state index contributed by atoms with van der Waals surface area (Å²) in [4.78, 5) is 11.6. The van der Waals surface area contributed by atoms with E-state index in [0.717, 1.165) is 45.4 Å². The number of aromatic nitrogens is 2. The lowest BCUT2D eigenvalue weighted by atomic mass is 9.89. The molecule has 5 aromatic rings. The number of nitriles is 1. The van der Waals surface area contributed by atoms with E-state index in [0.29, 0.717) is 36.3 Å². The van der Waals surface area contributed by atoms with E-state index in [1.165, 1.54) is 18.2 Å². The molecule has 1 saturated heterocycles. The van der Waals surface area contributed by atoms with Crippen LogP contribution in [0.4, 0.5) is 15.8 Å². The van der Waals surface area contributed by atoms with Gasteiger partial charge in [0.15, 0.2) is 0 Å². The second-order valence-electron chi connectivity index (χ2n) is 11.7. The molecule has 0 saturated carbocycles. The molecule has 3 aromatic carbocycles. The average molecular weight is 608 g/mol. The molecule has 1 aliphatic carbocycles. The minimum absolute atomic E-state index is 0.0125. The van der Waals surface area contributed by atoms with Crippen molar-refractivity contribution < 1.29 is 17.4 Å². The van der Waals surface area contributed by atoms with E-state index < -0.39 is 15.9 Å². The number of piperidine rings is 1. The molecule has 0 amide bonds. The minimum atomic E-state index is -4.77. The van der Waals surface area contributed by atoms with Crippen LogP contribution in [0.2, 0.25) is 0 Å². The first-order valence-electron chi connectivity index (χ1n) is 14.5. The predicted octanol–water partition coefficient (Wildman–Crippen LogP) is 6.41. The number of anilines is 2. The summed E-state index contributed by atoms with van der Waals surface area (Å²) < 4.78 is 52.0.